The minimum absolute atomic E-state index is 0.210. The zero-order valence-electron chi connectivity index (χ0n) is 21.3. The summed E-state index contributed by atoms with van der Waals surface area (Å²) in [5, 5.41) is 6.81. The van der Waals surface area contributed by atoms with Gasteiger partial charge in [-0.3, -0.25) is 9.36 Å². The summed E-state index contributed by atoms with van der Waals surface area (Å²) in [6.45, 7) is 3.80. The van der Waals surface area contributed by atoms with Crippen molar-refractivity contribution in [2.45, 2.75) is 19.9 Å². The number of thiophene rings is 1. The third kappa shape index (κ3) is 4.60. The van der Waals surface area contributed by atoms with Crippen molar-refractivity contribution < 1.29 is 9.53 Å². The van der Waals surface area contributed by atoms with Crippen LogP contribution in [0.2, 0.25) is 0 Å². The van der Waals surface area contributed by atoms with Gasteiger partial charge in [-0.05, 0) is 43.5 Å². The average Bonchev–Trinajstić information content (AvgIpc) is 3.70. The van der Waals surface area contributed by atoms with Crippen LogP contribution in [0.3, 0.4) is 0 Å². The van der Waals surface area contributed by atoms with Gasteiger partial charge in [0, 0.05) is 22.2 Å². The highest BCUT2D eigenvalue weighted by molar-refractivity contribution is 7.10. The van der Waals surface area contributed by atoms with Crippen LogP contribution < -0.4 is 14.9 Å². The standard InChI is InChI=1S/C30H24N4O3S2/c1-3-37-29(36)25-19(2)31-30-34(27(25)23-15-10-16-38-23)28(35)24(39-30)17-21-18-33(22-13-8-5-9-14-22)32-26(21)20-11-6-4-7-12-20/h4-18,27H,3H2,1-2H3/b24-17+/t27-/m0/s1. The van der Waals surface area contributed by atoms with Crippen LogP contribution in [0.25, 0.3) is 23.0 Å². The van der Waals surface area contributed by atoms with Gasteiger partial charge in [0.1, 0.15) is 6.04 Å². The van der Waals surface area contributed by atoms with Gasteiger partial charge in [-0.1, -0.05) is 65.9 Å². The lowest BCUT2D eigenvalue weighted by molar-refractivity contribution is -0.139. The van der Waals surface area contributed by atoms with E-state index in [2.05, 4.69) is 4.99 Å². The van der Waals surface area contributed by atoms with Crippen molar-refractivity contribution >= 4 is 34.7 Å². The highest BCUT2D eigenvalue weighted by atomic mass is 32.1. The van der Waals surface area contributed by atoms with E-state index in [1.165, 1.54) is 22.7 Å². The van der Waals surface area contributed by atoms with Gasteiger partial charge < -0.3 is 4.74 Å². The van der Waals surface area contributed by atoms with Crippen LogP contribution in [0.15, 0.2) is 105 Å². The van der Waals surface area contributed by atoms with Gasteiger partial charge in [-0.2, -0.15) is 5.10 Å². The summed E-state index contributed by atoms with van der Waals surface area (Å²) in [4.78, 5) is 33.1. The number of rotatable bonds is 6. The minimum atomic E-state index is -0.594. The minimum Gasteiger partial charge on any atom is -0.463 e. The van der Waals surface area contributed by atoms with E-state index in [-0.39, 0.29) is 12.2 Å². The molecule has 0 unspecified atom stereocenters. The lowest BCUT2D eigenvalue weighted by Gasteiger charge is -2.23. The molecular weight excluding hydrogens is 528 g/mol. The lowest BCUT2D eigenvalue weighted by Crippen LogP contribution is -2.39. The zero-order valence-corrected chi connectivity index (χ0v) is 22.9. The number of ether oxygens (including phenoxy) is 1. The summed E-state index contributed by atoms with van der Waals surface area (Å²) in [5.74, 6) is -0.457. The monoisotopic (exact) mass is 552 g/mol. The number of carbonyl (C=O) groups excluding carboxylic acids is 1. The maximum Gasteiger partial charge on any atom is 0.338 e. The Morgan fingerprint density at radius 1 is 1.05 bits per heavy atom. The predicted molar refractivity (Wildman–Crippen MR) is 154 cm³/mol. The third-order valence-electron chi connectivity index (χ3n) is 6.43. The highest BCUT2D eigenvalue weighted by Crippen LogP contribution is 2.33. The highest BCUT2D eigenvalue weighted by Gasteiger charge is 2.34. The summed E-state index contributed by atoms with van der Waals surface area (Å²) in [5.41, 5.74) is 4.18. The lowest BCUT2D eigenvalue weighted by atomic mass is 10.0. The van der Waals surface area contributed by atoms with E-state index in [1.54, 1.807) is 18.4 Å². The molecule has 0 spiro atoms. The average molecular weight is 553 g/mol. The number of nitrogens with zero attached hydrogens (tertiary/aromatic N) is 4. The second-order valence-electron chi connectivity index (χ2n) is 8.90. The van der Waals surface area contributed by atoms with Gasteiger partial charge in [0.15, 0.2) is 4.80 Å². The molecule has 39 heavy (non-hydrogen) atoms. The normalized spacial score (nSPS) is 15.2. The van der Waals surface area contributed by atoms with E-state index in [0.29, 0.717) is 20.6 Å². The molecule has 3 aromatic heterocycles. The molecule has 7 nitrogen and oxygen atoms in total. The molecule has 0 bridgehead atoms. The van der Waals surface area contributed by atoms with E-state index in [0.717, 1.165) is 27.4 Å². The van der Waals surface area contributed by atoms with Crippen LogP contribution in [0, 0.1) is 0 Å². The fourth-order valence-corrected chi connectivity index (χ4v) is 6.54. The van der Waals surface area contributed by atoms with E-state index < -0.39 is 12.0 Å². The molecule has 0 fully saturated rings. The summed E-state index contributed by atoms with van der Waals surface area (Å²) in [6.07, 6.45) is 3.80. The van der Waals surface area contributed by atoms with Gasteiger partial charge in [0.2, 0.25) is 0 Å². The first-order chi connectivity index (χ1) is 19.0. The van der Waals surface area contributed by atoms with Crippen molar-refractivity contribution in [2.24, 2.45) is 4.99 Å². The molecule has 0 saturated carbocycles. The molecule has 0 saturated heterocycles. The predicted octanol–water partition coefficient (Wildman–Crippen LogP) is 4.71. The second kappa shape index (κ2) is 10.4. The Hall–Kier alpha value is -4.34. The Kier molecular flexibility index (Phi) is 6.68. The van der Waals surface area contributed by atoms with Gasteiger partial charge >= 0.3 is 5.97 Å². The number of hydrogen-bond acceptors (Lipinski definition) is 7. The van der Waals surface area contributed by atoms with Gasteiger partial charge in [0.25, 0.3) is 5.56 Å². The first-order valence-electron chi connectivity index (χ1n) is 12.5. The van der Waals surface area contributed by atoms with E-state index in [4.69, 9.17) is 9.84 Å². The van der Waals surface area contributed by atoms with Crippen LogP contribution in [-0.2, 0) is 9.53 Å². The maximum absolute atomic E-state index is 14.0. The first kappa shape index (κ1) is 25.0. The van der Waals surface area contributed by atoms with Crippen LogP contribution >= 0.6 is 22.7 Å². The molecule has 5 aromatic rings. The van der Waals surface area contributed by atoms with Crippen molar-refractivity contribution in [1.82, 2.24) is 14.3 Å². The smallest absolute Gasteiger partial charge is 0.338 e. The summed E-state index contributed by atoms with van der Waals surface area (Å²) in [7, 11) is 0. The van der Waals surface area contributed by atoms with Crippen molar-refractivity contribution in [3.8, 4) is 16.9 Å². The molecule has 0 amide bonds. The summed E-state index contributed by atoms with van der Waals surface area (Å²) in [6, 6.07) is 23.0. The molecule has 1 aliphatic rings. The number of benzene rings is 2. The molecule has 6 rings (SSSR count). The second-order valence-corrected chi connectivity index (χ2v) is 10.9. The van der Waals surface area contributed by atoms with Crippen molar-refractivity contribution in [1.29, 1.82) is 0 Å². The Bertz CT molecular complexity index is 1870. The number of hydrogen-bond donors (Lipinski definition) is 0. The molecule has 4 heterocycles. The van der Waals surface area contributed by atoms with Crippen LogP contribution in [0.1, 0.15) is 30.3 Å². The van der Waals surface area contributed by atoms with E-state index >= 15 is 0 Å². The number of thiazole rings is 1. The molecule has 0 N–H and O–H groups in total. The quantitative estimate of drug-likeness (QED) is 0.286. The van der Waals surface area contributed by atoms with E-state index in [1.807, 2.05) is 95.1 Å². The van der Waals surface area contributed by atoms with Gasteiger partial charge in [-0.15, -0.1) is 11.3 Å². The number of para-hydroxylation sites is 1. The fourth-order valence-electron chi connectivity index (χ4n) is 4.68. The molecule has 0 aliphatic carbocycles. The van der Waals surface area contributed by atoms with Gasteiger partial charge in [0.05, 0.1) is 33.8 Å². The van der Waals surface area contributed by atoms with Crippen molar-refractivity contribution in [3.63, 3.8) is 0 Å². The summed E-state index contributed by atoms with van der Waals surface area (Å²) < 4.78 is 9.31. The summed E-state index contributed by atoms with van der Waals surface area (Å²) >= 11 is 2.80. The van der Waals surface area contributed by atoms with Gasteiger partial charge in [-0.25, -0.2) is 14.5 Å². The fraction of sp³-hybridized carbons (Fsp3) is 0.133. The van der Waals surface area contributed by atoms with Crippen molar-refractivity contribution in [2.75, 3.05) is 6.61 Å². The van der Waals surface area contributed by atoms with Crippen LogP contribution in [0.5, 0.6) is 0 Å². The number of fused-ring (bicyclic) bond motifs is 1. The number of carbonyl (C=O) groups is 1. The molecular formula is C30H24N4O3S2. The number of aromatic nitrogens is 3. The molecule has 1 atom stereocenters. The van der Waals surface area contributed by atoms with Crippen molar-refractivity contribution in [3.05, 3.63) is 126 Å². The Balaban J connectivity index is 1.55. The Labute approximate surface area is 232 Å². The van der Waals surface area contributed by atoms with E-state index in [9.17, 15) is 9.59 Å². The number of esters is 1. The topological polar surface area (TPSA) is 78.5 Å². The molecule has 194 valence electrons. The van der Waals surface area contributed by atoms with Crippen LogP contribution in [-0.4, -0.2) is 26.9 Å². The Morgan fingerprint density at radius 2 is 1.79 bits per heavy atom. The molecule has 9 heteroatoms. The molecule has 1 aliphatic heterocycles. The number of allylic oxidation sites excluding steroid dienone is 1. The molecule has 0 radical (unpaired) electrons. The maximum atomic E-state index is 14.0. The zero-order chi connectivity index (χ0) is 26.9. The largest absolute Gasteiger partial charge is 0.463 e. The first-order valence-corrected chi connectivity index (χ1v) is 14.2. The molecule has 2 aromatic carbocycles. The Morgan fingerprint density at radius 3 is 2.49 bits per heavy atom. The third-order valence-corrected chi connectivity index (χ3v) is 8.33. The SMILES string of the molecule is CCOC(=O)C1=C(C)N=c2s/c(=C/c3cn(-c4ccccc4)nc3-c3ccccc3)c(=O)n2[C@H]1c1cccs1. The van der Waals surface area contributed by atoms with Crippen LogP contribution in [0.4, 0.5) is 0 Å².